The SMILES string of the molecule is c1ccc2c(c1)-c1ccc(-c3ncco3)cc1B1c3cc(-n4cccn4)ccc3-c3ccccc3N12. The summed E-state index contributed by atoms with van der Waals surface area (Å²) >= 11 is 0. The molecule has 0 amide bonds. The van der Waals surface area contributed by atoms with Crippen molar-refractivity contribution in [2.45, 2.75) is 0 Å². The van der Waals surface area contributed by atoms with E-state index in [0.29, 0.717) is 5.89 Å². The summed E-state index contributed by atoms with van der Waals surface area (Å²) in [7, 11) is 0. The topological polar surface area (TPSA) is 47.1 Å². The van der Waals surface area contributed by atoms with Gasteiger partial charge in [0, 0.05) is 40.5 Å². The number of hydrogen-bond donors (Lipinski definition) is 0. The molecule has 168 valence electrons. The van der Waals surface area contributed by atoms with E-state index in [4.69, 9.17) is 4.42 Å². The van der Waals surface area contributed by atoms with Crippen molar-refractivity contribution < 1.29 is 4.42 Å². The van der Waals surface area contributed by atoms with Gasteiger partial charge in [0.1, 0.15) is 6.26 Å². The van der Waals surface area contributed by atoms with E-state index in [-0.39, 0.29) is 6.85 Å². The van der Waals surface area contributed by atoms with Crippen molar-refractivity contribution in [2.24, 2.45) is 0 Å². The molecule has 8 rings (SSSR count). The number of nitrogens with zero attached hydrogens (tertiary/aromatic N) is 4. The first kappa shape index (κ1) is 19.5. The van der Waals surface area contributed by atoms with Crippen molar-refractivity contribution in [2.75, 3.05) is 4.81 Å². The highest BCUT2D eigenvalue weighted by Crippen LogP contribution is 2.46. The van der Waals surface area contributed by atoms with Gasteiger partial charge < -0.3 is 9.23 Å². The maximum atomic E-state index is 5.67. The fourth-order valence-corrected chi connectivity index (χ4v) is 5.80. The molecule has 0 saturated heterocycles. The summed E-state index contributed by atoms with van der Waals surface area (Å²) in [6, 6.07) is 32.6. The molecule has 2 aliphatic rings. The molecule has 0 fully saturated rings. The van der Waals surface area contributed by atoms with E-state index in [1.54, 1.807) is 12.5 Å². The number of fused-ring (bicyclic) bond motifs is 11. The number of aromatic nitrogens is 3. The van der Waals surface area contributed by atoms with Gasteiger partial charge in [-0.15, -0.1) is 0 Å². The van der Waals surface area contributed by atoms with Crippen LogP contribution in [-0.2, 0) is 0 Å². The molecule has 0 unspecified atom stereocenters. The van der Waals surface area contributed by atoms with Crippen LogP contribution >= 0.6 is 0 Å². The monoisotopic (exact) mass is 462 g/mol. The molecule has 0 bridgehead atoms. The van der Waals surface area contributed by atoms with E-state index in [0.717, 1.165) is 11.3 Å². The number of para-hydroxylation sites is 2. The first-order valence-electron chi connectivity index (χ1n) is 12.0. The molecule has 5 nitrogen and oxygen atoms in total. The van der Waals surface area contributed by atoms with Gasteiger partial charge in [0.25, 0.3) is 0 Å². The van der Waals surface area contributed by atoms with Gasteiger partial charge in [-0.2, -0.15) is 5.10 Å². The molecular formula is C30H19BN4O. The standard InChI is InChI=1S/C30H19BN4O/c1-3-8-28-24(6-1)22-12-10-20(30-32-15-17-36-30)18-26(22)31-27-19-21(34-16-5-14-33-34)11-13-23(27)25-7-2-4-9-29(25)35(28)31/h1-19H. The minimum absolute atomic E-state index is 0.00905. The lowest BCUT2D eigenvalue weighted by molar-refractivity contribution is 0.574. The van der Waals surface area contributed by atoms with Crippen LogP contribution in [0.25, 0.3) is 39.4 Å². The Balaban J connectivity index is 1.46. The molecule has 0 N–H and O–H groups in total. The molecule has 0 radical (unpaired) electrons. The predicted octanol–water partition coefficient (Wildman–Crippen LogP) is 5.43. The summed E-state index contributed by atoms with van der Waals surface area (Å²) in [4.78, 5) is 6.91. The van der Waals surface area contributed by atoms with Gasteiger partial charge in [-0.05, 0) is 58.5 Å². The van der Waals surface area contributed by atoms with E-state index in [1.165, 1.54) is 44.6 Å². The molecule has 0 spiro atoms. The van der Waals surface area contributed by atoms with E-state index >= 15 is 0 Å². The Morgan fingerprint density at radius 2 is 1.39 bits per heavy atom. The Morgan fingerprint density at radius 3 is 2.08 bits per heavy atom. The normalized spacial score (nSPS) is 12.9. The quantitative estimate of drug-likeness (QED) is 0.322. The molecule has 6 heteroatoms. The van der Waals surface area contributed by atoms with Crippen molar-refractivity contribution in [3.05, 3.63) is 116 Å². The number of hydrogen-bond acceptors (Lipinski definition) is 4. The third-order valence-corrected chi connectivity index (χ3v) is 7.29. The van der Waals surface area contributed by atoms with Gasteiger partial charge in [-0.3, -0.25) is 0 Å². The number of oxazole rings is 1. The fourth-order valence-electron chi connectivity index (χ4n) is 5.80. The van der Waals surface area contributed by atoms with Gasteiger partial charge in [-0.1, -0.05) is 54.6 Å². The largest absolute Gasteiger partial charge is 0.445 e. The zero-order valence-electron chi connectivity index (χ0n) is 19.2. The van der Waals surface area contributed by atoms with Crippen LogP contribution in [0.15, 0.2) is 120 Å². The van der Waals surface area contributed by atoms with Crippen molar-refractivity contribution in [3.63, 3.8) is 0 Å². The summed E-state index contributed by atoms with van der Waals surface area (Å²) in [5.74, 6) is 0.630. The van der Waals surface area contributed by atoms with Gasteiger partial charge in [0.05, 0.1) is 11.9 Å². The number of benzene rings is 4. The summed E-state index contributed by atoms with van der Waals surface area (Å²) in [6.07, 6.45) is 7.12. The number of anilines is 2. The van der Waals surface area contributed by atoms with Crippen LogP contribution in [0.4, 0.5) is 11.4 Å². The first-order valence-corrected chi connectivity index (χ1v) is 12.0. The second-order valence-corrected chi connectivity index (χ2v) is 9.17. The third kappa shape index (κ3) is 2.67. The molecule has 36 heavy (non-hydrogen) atoms. The lowest BCUT2D eigenvalue weighted by Crippen LogP contribution is -2.59. The van der Waals surface area contributed by atoms with Crippen LogP contribution in [0.2, 0.25) is 0 Å². The minimum atomic E-state index is -0.00905. The Hall–Kier alpha value is -4.84. The van der Waals surface area contributed by atoms with Crippen LogP contribution in [0.1, 0.15) is 0 Å². The zero-order chi connectivity index (χ0) is 23.6. The van der Waals surface area contributed by atoms with Crippen LogP contribution in [-0.4, -0.2) is 21.6 Å². The highest BCUT2D eigenvalue weighted by Gasteiger charge is 2.42. The highest BCUT2D eigenvalue weighted by atomic mass is 16.3. The Kier molecular flexibility index (Phi) is 3.96. The molecule has 4 heterocycles. The van der Waals surface area contributed by atoms with Crippen molar-refractivity contribution in [1.29, 1.82) is 0 Å². The molecule has 2 aromatic heterocycles. The van der Waals surface area contributed by atoms with Gasteiger partial charge in [0.15, 0.2) is 0 Å². The Labute approximate surface area is 208 Å². The van der Waals surface area contributed by atoms with Crippen molar-refractivity contribution >= 4 is 29.1 Å². The smallest absolute Gasteiger partial charge is 0.329 e. The lowest BCUT2D eigenvalue weighted by Gasteiger charge is -2.43. The van der Waals surface area contributed by atoms with E-state index < -0.39 is 0 Å². The second-order valence-electron chi connectivity index (χ2n) is 9.17. The van der Waals surface area contributed by atoms with Gasteiger partial charge >= 0.3 is 6.85 Å². The highest BCUT2D eigenvalue weighted by molar-refractivity contribution is 6.92. The van der Waals surface area contributed by atoms with Gasteiger partial charge in [-0.25, -0.2) is 9.67 Å². The van der Waals surface area contributed by atoms with Crippen LogP contribution < -0.4 is 15.7 Å². The lowest BCUT2D eigenvalue weighted by atomic mass is 9.43. The molecule has 6 aromatic rings. The Morgan fingerprint density at radius 1 is 0.667 bits per heavy atom. The third-order valence-electron chi connectivity index (χ3n) is 7.29. The second kappa shape index (κ2) is 7.33. The van der Waals surface area contributed by atoms with Crippen LogP contribution in [0.3, 0.4) is 0 Å². The first-order chi connectivity index (χ1) is 17.9. The molecular weight excluding hydrogens is 443 g/mol. The van der Waals surface area contributed by atoms with Crippen molar-refractivity contribution in [3.8, 4) is 39.4 Å². The number of rotatable bonds is 2. The fraction of sp³-hybridized carbons (Fsp3) is 0. The van der Waals surface area contributed by atoms with Crippen molar-refractivity contribution in [1.82, 2.24) is 14.8 Å². The molecule has 4 aromatic carbocycles. The van der Waals surface area contributed by atoms with Crippen LogP contribution in [0, 0.1) is 0 Å². The average molecular weight is 462 g/mol. The Bertz CT molecular complexity index is 1630. The van der Waals surface area contributed by atoms with E-state index in [1.807, 2.05) is 23.1 Å². The minimum Gasteiger partial charge on any atom is -0.445 e. The summed E-state index contributed by atoms with van der Waals surface area (Å²) in [5, 5.41) is 4.49. The molecule has 0 atom stereocenters. The summed E-state index contributed by atoms with van der Waals surface area (Å²) < 4.78 is 7.60. The molecule has 0 saturated carbocycles. The maximum absolute atomic E-state index is 5.67. The van der Waals surface area contributed by atoms with Crippen LogP contribution in [0.5, 0.6) is 0 Å². The summed E-state index contributed by atoms with van der Waals surface area (Å²) in [5.41, 5.74) is 11.9. The van der Waals surface area contributed by atoms with E-state index in [9.17, 15) is 0 Å². The zero-order valence-corrected chi connectivity index (χ0v) is 19.2. The summed E-state index contributed by atoms with van der Waals surface area (Å²) in [6.45, 7) is -0.00905. The van der Waals surface area contributed by atoms with E-state index in [2.05, 4.69) is 99.8 Å². The average Bonchev–Trinajstić information content (AvgIpc) is 3.67. The molecule has 0 aliphatic carbocycles. The molecule has 2 aliphatic heterocycles. The predicted molar refractivity (Wildman–Crippen MR) is 144 cm³/mol. The van der Waals surface area contributed by atoms with Gasteiger partial charge in [0.2, 0.25) is 5.89 Å². The maximum Gasteiger partial charge on any atom is 0.329 e.